The van der Waals surface area contributed by atoms with Crippen LogP contribution in [0.5, 0.6) is 17.2 Å². The minimum atomic E-state index is -0.290. The van der Waals surface area contributed by atoms with Crippen LogP contribution in [0.4, 0.5) is 0 Å². The highest BCUT2D eigenvalue weighted by Gasteiger charge is 2.15. The second-order valence-electron chi connectivity index (χ2n) is 6.29. The number of ether oxygens (including phenoxy) is 3. The molecule has 0 radical (unpaired) electrons. The van der Waals surface area contributed by atoms with Crippen LogP contribution >= 0.6 is 0 Å². The molecule has 0 heterocycles. The van der Waals surface area contributed by atoms with E-state index in [1.54, 1.807) is 44.4 Å². The van der Waals surface area contributed by atoms with E-state index in [0.717, 1.165) is 5.56 Å². The van der Waals surface area contributed by atoms with Gasteiger partial charge in [0, 0.05) is 44.3 Å². The zero-order valence-electron chi connectivity index (χ0n) is 16.2. The van der Waals surface area contributed by atoms with Gasteiger partial charge in [-0.2, -0.15) is 0 Å². The van der Waals surface area contributed by atoms with Gasteiger partial charge in [-0.05, 0) is 12.0 Å². The maximum atomic E-state index is 12.3. The number of carbonyl (C=O) groups is 1. The molecule has 1 amide bonds. The molecule has 6 heteroatoms. The first kappa shape index (κ1) is 20.6. The first-order chi connectivity index (χ1) is 13.0. The van der Waals surface area contributed by atoms with Crippen molar-refractivity contribution in [3.8, 4) is 17.2 Å². The number of benzene rings is 2. The van der Waals surface area contributed by atoms with Gasteiger partial charge in [-0.25, -0.2) is 0 Å². The van der Waals surface area contributed by atoms with Gasteiger partial charge in [0.25, 0.3) is 0 Å². The monoisotopic (exact) mass is 372 g/mol. The average molecular weight is 372 g/mol. The van der Waals surface area contributed by atoms with Crippen molar-refractivity contribution in [3.63, 3.8) is 0 Å². The number of nitrogens with two attached hydrogens (primary N) is 1. The van der Waals surface area contributed by atoms with E-state index in [2.05, 4.69) is 0 Å². The van der Waals surface area contributed by atoms with E-state index < -0.39 is 0 Å². The lowest BCUT2D eigenvalue weighted by Gasteiger charge is -2.20. The van der Waals surface area contributed by atoms with Gasteiger partial charge in [0.1, 0.15) is 17.2 Å². The molecule has 2 N–H and O–H groups in total. The fraction of sp³-hybridized carbons (Fsp3) is 0.381. The van der Waals surface area contributed by atoms with Crippen molar-refractivity contribution in [2.75, 3.05) is 34.4 Å². The Labute approximate surface area is 160 Å². The van der Waals surface area contributed by atoms with E-state index in [4.69, 9.17) is 19.9 Å². The fourth-order valence-electron chi connectivity index (χ4n) is 2.64. The third-order valence-electron chi connectivity index (χ3n) is 4.28. The van der Waals surface area contributed by atoms with Crippen LogP contribution in [0.15, 0.2) is 48.5 Å². The number of rotatable bonds is 10. The Balaban J connectivity index is 1.75. The Morgan fingerprint density at radius 2 is 1.63 bits per heavy atom. The Hall–Kier alpha value is -2.73. The van der Waals surface area contributed by atoms with E-state index in [1.807, 2.05) is 30.3 Å². The second kappa shape index (κ2) is 10.4. The van der Waals surface area contributed by atoms with Crippen LogP contribution in [-0.2, 0) is 4.79 Å². The summed E-state index contributed by atoms with van der Waals surface area (Å²) in [6, 6.07) is 14.8. The van der Waals surface area contributed by atoms with Gasteiger partial charge in [0.2, 0.25) is 5.91 Å². The summed E-state index contributed by atoms with van der Waals surface area (Å²) in [5.41, 5.74) is 7.09. The average Bonchev–Trinajstić information content (AvgIpc) is 2.71. The van der Waals surface area contributed by atoms with Crippen LogP contribution in [0.25, 0.3) is 0 Å². The molecule has 0 aromatic heterocycles. The summed E-state index contributed by atoms with van der Waals surface area (Å²) in [4.78, 5) is 14.0. The molecule has 0 bridgehead atoms. The van der Waals surface area contributed by atoms with E-state index in [0.29, 0.717) is 36.8 Å². The molecule has 0 aliphatic carbocycles. The molecule has 2 aromatic rings. The quantitative estimate of drug-likeness (QED) is 0.649. The fourth-order valence-corrected chi connectivity index (χ4v) is 2.64. The van der Waals surface area contributed by atoms with Gasteiger partial charge in [0.15, 0.2) is 0 Å². The zero-order valence-corrected chi connectivity index (χ0v) is 16.2. The first-order valence-electron chi connectivity index (χ1n) is 8.94. The molecule has 146 valence electrons. The predicted octanol–water partition coefficient (Wildman–Crippen LogP) is 3.02. The minimum absolute atomic E-state index is 0.0226. The molecular formula is C21H28N2O4. The van der Waals surface area contributed by atoms with Crippen LogP contribution in [0.3, 0.4) is 0 Å². The summed E-state index contributed by atoms with van der Waals surface area (Å²) in [6.07, 6.45) is 0.997. The number of methoxy groups -OCH3 is 2. The highest BCUT2D eigenvalue weighted by Crippen LogP contribution is 2.27. The van der Waals surface area contributed by atoms with Crippen molar-refractivity contribution >= 4 is 5.91 Å². The van der Waals surface area contributed by atoms with Crippen LogP contribution in [0.2, 0.25) is 0 Å². The maximum Gasteiger partial charge on any atom is 0.224 e. The van der Waals surface area contributed by atoms with E-state index in [-0.39, 0.29) is 18.4 Å². The Bertz CT molecular complexity index is 699. The lowest BCUT2D eigenvalue weighted by molar-refractivity contribution is -0.130. The lowest BCUT2D eigenvalue weighted by atomic mass is 10.0. The van der Waals surface area contributed by atoms with Crippen LogP contribution in [-0.4, -0.2) is 45.2 Å². The molecule has 27 heavy (non-hydrogen) atoms. The third-order valence-corrected chi connectivity index (χ3v) is 4.28. The predicted molar refractivity (Wildman–Crippen MR) is 105 cm³/mol. The smallest absolute Gasteiger partial charge is 0.224 e. The van der Waals surface area contributed by atoms with Crippen molar-refractivity contribution in [2.45, 2.75) is 18.9 Å². The molecule has 0 saturated heterocycles. The number of amides is 1. The molecule has 1 atom stereocenters. The molecule has 0 spiro atoms. The number of nitrogens with zero attached hydrogens (tertiary/aromatic N) is 1. The van der Waals surface area contributed by atoms with Gasteiger partial charge in [-0.15, -0.1) is 0 Å². The molecule has 2 rings (SSSR count). The minimum Gasteiger partial charge on any atom is -0.496 e. The number of carbonyl (C=O) groups excluding carboxylic acids is 1. The normalized spacial score (nSPS) is 11.6. The van der Waals surface area contributed by atoms with Crippen LogP contribution in [0.1, 0.15) is 24.4 Å². The summed E-state index contributed by atoms with van der Waals surface area (Å²) in [5.74, 6) is 2.04. The number of hydrogen-bond donors (Lipinski definition) is 1. The van der Waals surface area contributed by atoms with Gasteiger partial charge < -0.3 is 24.8 Å². The Morgan fingerprint density at radius 3 is 2.22 bits per heavy atom. The zero-order chi connectivity index (χ0) is 19.6. The molecule has 1 unspecified atom stereocenters. The van der Waals surface area contributed by atoms with Crippen molar-refractivity contribution in [3.05, 3.63) is 54.1 Å². The van der Waals surface area contributed by atoms with E-state index in [1.165, 1.54) is 0 Å². The van der Waals surface area contributed by atoms with Gasteiger partial charge in [-0.1, -0.05) is 30.3 Å². The SMILES string of the molecule is COc1cc(OC)cc(OCCCN(C)C(=O)CC(N)c2ccccc2)c1. The Kier molecular flexibility index (Phi) is 7.95. The standard InChI is InChI=1S/C21H28N2O4/c1-23(21(24)15-20(22)16-8-5-4-6-9-16)10-7-11-27-19-13-17(25-2)12-18(14-19)26-3/h4-6,8-9,12-14,20H,7,10-11,15,22H2,1-3H3. The molecule has 2 aromatic carbocycles. The highest BCUT2D eigenvalue weighted by molar-refractivity contribution is 5.76. The molecule has 0 saturated carbocycles. The topological polar surface area (TPSA) is 74.0 Å². The van der Waals surface area contributed by atoms with Crippen molar-refractivity contribution in [1.29, 1.82) is 0 Å². The highest BCUT2D eigenvalue weighted by atomic mass is 16.5. The van der Waals surface area contributed by atoms with Crippen LogP contribution < -0.4 is 19.9 Å². The largest absolute Gasteiger partial charge is 0.496 e. The van der Waals surface area contributed by atoms with Gasteiger partial charge in [-0.3, -0.25) is 4.79 Å². The number of hydrogen-bond acceptors (Lipinski definition) is 5. The summed E-state index contributed by atoms with van der Waals surface area (Å²) in [7, 11) is 4.98. The molecular weight excluding hydrogens is 344 g/mol. The molecule has 0 fully saturated rings. The van der Waals surface area contributed by atoms with E-state index in [9.17, 15) is 4.79 Å². The Morgan fingerprint density at radius 1 is 1.04 bits per heavy atom. The maximum absolute atomic E-state index is 12.3. The van der Waals surface area contributed by atoms with E-state index >= 15 is 0 Å². The summed E-state index contributed by atoms with van der Waals surface area (Å²) < 4.78 is 16.2. The van der Waals surface area contributed by atoms with Crippen molar-refractivity contribution in [1.82, 2.24) is 4.90 Å². The molecule has 0 aliphatic heterocycles. The van der Waals surface area contributed by atoms with Gasteiger partial charge in [0.05, 0.1) is 20.8 Å². The second-order valence-corrected chi connectivity index (χ2v) is 6.29. The van der Waals surface area contributed by atoms with Gasteiger partial charge >= 0.3 is 0 Å². The molecule has 6 nitrogen and oxygen atoms in total. The third kappa shape index (κ3) is 6.49. The first-order valence-corrected chi connectivity index (χ1v) is 8.94. The lowest BCUT2D eigenvalue weighted by Crippen LogP contribution is -2.31. The van der Waals surface area contributed by atoms with Crippen LogP contribution in [0, 0.1) is 0 Å². The summed E-state index contributed by atoms with van der Waals surface area (Å²) in [6.45, 7) is 1.08. The summed E-state index contributed by atoms with van der Waals surface area (Å²) in [5, 5.41) is 0. The van der Waals surface area contributed by atoms with Crippen molar-refractivity contribution < 1.29 is 19.0 Å². The summed E-state index contributed by atoms with van der Waals surface area (Å²) >= 11 is 0. The molecule has 0 aliphatic rings. The van der Waals surface area contributed by atoms with Crippen molar-refractivity contribution in [2.24, 2.45) is 5.73 Å².